The normalized spacial score (nSPS) is 12.1. The molecule has 3 heterocycles. The number of hydrogen-bond donors (Lipinski definition) is 0. The van der Waals surface area contributed by atoms with Gasteiger partial charge >= 0.3 is 0 Å². The molecule has 11 rings (SSSR count). The Morgan fingerprint density at radius 2 is 0.755 bits per heavy atom. The maximum absolute atomic E-state index is 2.49. The highest BCUT2D eigenvalue weighted by atomic mass is 15.0. The summed E-state index contributed by atoms with van der Waals surface area (Å²) in [6, 6.07) is 64.2. The SMILES string of the molecule is c1cc(-n2c3ccccc3c3ccccc32)cc(-n2c3ccccc3c3ccc4c(c5ccccc5n4-c4ccc5ccccc5c4)c32)c1. The second-order valence-electron chi connectivity index (χ2n) is 13.0. The average molecular weight is 624 g/mol. The third-order valence-corrected chi connectivity index (χ3v) is 10.4. The van der Waals surface area contributed by atoms with E-state index >= 15 is 0 Å². The Labute approximate surface area is 282 Å². The molecule has 0 fully saturated rings. The summed E-state index contributed by atoms with van der Waals surface area (Å²) in [4.78, 5) is 0. The van der Waals surface area contributed by atoms with Crippen molar-refractivity contribution in [1.29, 1.82) is 0 Å². The molecule has 0 bridgehead atoms. The Morgan fingerprint density at radius 1 is 0.265 bits per heavy atom. The predicted octanol–water partition coefficient (Wildman–Crippen LogP) is 12.1. The molecule has 0 saturated carbocycles. The summed E-state index contributed by atoms with van der Waals surface area (Å²) in [5.74, 6) is 0. The highest BCUT2D eigenvalue weighted by Crippen LogP contribution is 2.42. The van der Waals surface area contributed by atoms with Gasteiger partial charge in [0, 0.05) is 49.4 Å². The fraction of sp³-hybridized carbons (Fsp3) is 0. The van der Waals surface area contributed by atoms with Crippen molar-refractivity contribution in [3.8, 4) is 17.1 Å². The standard InChI is InChI=1S/C46H29N3/c1-2-13-31-28-34(25-24-30(31)12-1)48-43-23-10-6-19-39(43)45-44(48)27-26-38-37-18-5-9-22-42(37)49(46(38)45)33-15-11-14-32(29-33)47-40-20-7-3-16-35(40)36-17-4-8-21-41(36)47/h1-29H. The Hall–Kier alpha value is -6.58. The molecule has 0 amide bonds. The molecule has 0 aliphatic heterocycles. The topological polar surface area (TPSA) is 14.8 Å². The van der Waals surface area contributed by atoms with E-state index in [2.05, 4.69) is 190 Å². The van der Waals surface area contributed by atoms with Crippen LogP contribution in [0.4, 0.5) is 0 Å². The van der Waals surface area contributed by atoms with Gasteiger partial charge in [-0.05, 0) is 71.4 Å². The molecule has 0 spiro atoms. The van der Waals surface area contributed by atoms with Crippen LogP contribution in [0.2, 0.25) is 0 Å². The lowest BCUT2D eigenvalue weighted by Gasteiger charge is -2.13. The maximum Gasteiger partial charge on any atom is 0.0641 e. The molecule has 3 nitrogen and oxygen atoms in total. The van der Waals surface area contributed by atoms with Crippen LogP contribution in [0.3, 0.4) is 0 Å². The summed E-state index contributed by atoms with van der Waals surface area (Å²) < 4.78 is 7.33. The second kappa shape index (κ2) is 9.96. The minimum atomic E-state index is 1.14. The maximum atomic E-state index is 2.49. The van der Waals surface area contributed by atoms with Crippen molar-refractivity contribution in [2.45, 2.75) is 0 Å². The third kappa shape index (κ3) is 3.67. The minimum absolute atomic E-state index is 1.14. The van der Waals surface area contributed by atoms with Gasteiger partial charge in [0.2, 0.25) is 0 Å². The largest absolute Gasteiger partial charge is 0.309 e. The first-order valence-electron chi connectivity index (χ1n) is 16.9. The van der Waals surface area contributed by atoms with Gasteiger partial charge in [-0.25, -0.2) is 0 Å². The van der Waals surface area contributed by atoms with Gasteiger partial charge in [-0.2, -0.15) is 0 Å². The minimum Gasteiger partial charge on any atom is -0.309 e. The number of aromatic nitrogens is 3. The van der Waals surface area contributed by atoms with Crippen molar-refractivity contribution >= 4 is 76.2 Å². The molecule has 0 atom stereocenters. The first-order chi connectivity index (χ1) is 24.3. The molecule has 0 unspecified atom stereocenters. The van der Waals surface area contributed by atoms with Crippen LogP contribution in [0, 0.1) is 0 Å². The summed E-state index contributed by atoms with van der Waals surface area (Å²) in [6.07, 6.45) is 0. The van der Waals surface area contributed by atoms with Crippen LogP contribution in [0.1, 0.15) is 0 Å². The monoisotopic (exact) mass is 623 g/mol. The van der Waals surface area contributed by atoms with E-state index in [1.807, 2.05) is 0 Å². The van der Waals surface area contributed by atoms with E-state index in [0.29, 0.717) is 0 Å². The van der Waals surface area contributed by atoms with Gasteiger partial charge < -0.3 is 13.7 Å². The van der Waals surface area contributed by atoms with Gasteiger partial charge in [0.15, 0.2) is 0 Å². The highest BCUT2D eigenvalue weighted by molar-refractivity contribution is 6.26. The van der Waals surface area contributed by atoms with E-state index in [1.165, 1.54) is 81.9 Å². The molecule has 228 valence electrons. The molecule has 11 aromatic rings. The highest BCUT2D eigenvalue weighted by Gasteiger charge is 2.21. The van der Waals surface area contributed by atoms with E-state index in [4.69, 9.17) is 0 Å². The first kappa shape index (κ1) is 26.5. The van der Waals surface area contributed by atoms with Crippen LogP contribution >= 0.6 is 0 Å². The number of fused-ring (bicyclic) bond motifs is 11. The summed E-state index contributed by atoms with van der Waals surface area (Å²) in [5.41, 5.74) is 10.7. The summed E-state index contributed by atoms with van der Waals surface area (Å²) in [7, 11) is 0. The quantitative estimate of drug-likeness (QED) is 0.186. The zero-order valence-corrected chi connectivity index (χ0v) is 26.6. The van der Waals surface area contributed by atoms with Crippen LogP contribution < -0.4 is 0 Å². The van der Waals surface area contributed by atoms with Gasteiger partial charge in [0.25, 0.3) is 0 Å². The van der Waals surface area contributed by atoms with E-state index < -0.39 is 0 Å². The third-order valence-electron chi connectivity index (χ3n) is 10.4. The Morgan fingerprint density at radius 3 is 1.45 bits per heavy atom. The molecule has 0 aliphatic carbocycles. The Balaban J connectivity index is 1.25. The van der Waals surface area contributed by atoms with E-state index in [-0.39, 0.29) is 0 Å². The number of hydrogen-bond acceptors (Lipinski definition) is 0. The van der Waals surface area contributed by atoms with E-state index in [0.717, 1.165) is 11.4 Å². The molecular weight excluding hydrogens is 595 g/mol. The molecule has 0 saturated heterocycles. The van der Waals surface area contributed by atoms with Gasteiger partial charge in [-0.3, -0.25) is 0 Å². The number of para-hydroxylation sites is 4. The zero-order valence-electron chi connectivity index (χ0n) is 26.6. The molecule has 3 aromatic heterocycles. The van der Waals surface area contributed by atoms with E-state index in [1.54, 1.807) is 0 Å². The number of nitrogens with zero attached hydrogens (tertiary/aromatic N) is 3. The van der Waals surface area contributed by atoms with Gasteiger partial charge in [-0.15, -0.1) is 0 Å². The van der Waals surface area contributed by atoms with Crippen LogP contribution in [-0.2, 0) is 0 Å². The van der Waals surface area contributed by atoms with Crippen molar-refractivity contribution in [3.05, 3.63) is 176 Å². The van der Waals surface area contributed by atoms with Gasteiger partial charge in [0.1, 0.15) is 0 Å². The van der Waals surface area contributed by atoms with Crippen molar-refractivity contribution in [3.63, 3.8) is 0 Å². The van der Waals surface area contributed by atoms with Crippen LogP contribution in [0.25, 0.3) is 93.3 Å². The van der Waals surface area contributed by atoms with Crippen molar-refractivity contribution in [2.24, 2.45) is 0 Å². The van der Waals surface area contributed by atoms with Crippen molar-refractivity contribution < 1.29 is 0 Å². The molecule has 8 aromatic carbocycles. The fourth-order valence-electron chi connectivity index (χ4n) is 8.34. The van der Waals surface area contributed by atoms with Gasteiger partial charge in [-0.1, -0.05) is 115 Å². The van der Waals surface area contributed by atoms with Crippen LogP contribution in [-0.4, -0.2) is 13.7 Å². The molecule has 3 heteroatoms. The average Bonchev–Trinajstić information content (AvgIpc) is 3.80. The van der Waals surface area contributed by atoms with E-state index in [9.17, 15) is 0 Å². The van der Waals surface area contributed by atoms with Crippen molar-refractivity contribution in [1.82, 2.24) is 13.7 Å². The summed E-state index contributed by atoms with van der Waals surface area (Å²) in [5, 5.41) is 10.0. The lowest BCUT2D eigenvalue weighted by Crippen LogP contribution is -1.99. The van der Waals surface area contributed by atoms with Crippen molar-refractivity contribution in [2.75, 3.05) is 0 Å². The molecule has 0 aliphatic rings. The lowest BCUT2D eigenvalue weighted by atomic mass is 10.1. The summed E-state index contributed by atoms with van der Waals surface area (Å²) >= 11 is 0. The first-order valence-corrected chi connectivity index (χ1v) is 16.9. The Kier molecular flexibility index (Phi) is 5.38. The molecular formula is C46H29N3. The fourth-order valence-corrected chi connectivity index (χ4v) is 8.34. The smallest absolute Gasteiger partial charge is 0.0641 e. The van der Waals surface area contributed by atoms with Gasteiger partial charge in [0.05, 0.1) is 33.1 Å². The molecule has 0 radical (unpaired) electrons. The predicted molar refractivity (Wildman–Crippen MR) is 207 cm³/mol. The number of benzene rings is 8. The Bertz CT molecular complexity index is 3060. The zero-order chi connectivity index (χ0) is 32.1. The van der Waals surface area contributed by atoms with Crippen LogP contribution in [0.5, 0.6) is 0 Å². The molecule has 0 N–H and O–H groups in total. The molecule has 49 heavy (non-hydrogen) atoms. The number of rotatable bonds is 3. The summed E-state index contributed by atoms with van der Waals surface area (Å²) in [6.45, 7) is 0. The van der Waals surface area contributed by atoms with Crippen LogP contribution in [0.15, 0.2) is 176 Å². The lowest BCUT2D eigenvalue weighted by molar-refractivity contribution is 1.14. The second-order valence-corrected chi connectivity index (χ2v) is 13.0.